The van der Waals surface area contributed by atoms with Crippen molar-refractivity contribution >= 4 is 29.9 Å². The SMILES string of the molecule is CN=C(NCCCC(C)C)NCCc1nc(C)no1.I. The van der Waals surface area contributed by atoms with Crippen LogP contribution in [-0.2, 0) is 6.42 Å². The third kappa shape index (κ3) is 8.34. The van der Waals surface area contributed by atoms with Crippen molar-refractivity contribution in [1.29, 1.82) is 0 Å². The zero-order valence-corrected chi connectivity index (χ0v) is 15.1. The molecule has 0 bridgehead atoms. The molecule has 0 aliphatic heterocycles. The summed E-state index contributed by atoms with van der Waals surface area (Å²) in [6, 6.07) is 0. The van der Waals surface area contributed by atoms with Gasteiger partial charge in [-0.3, -0.25) is 4.99 Å². The molecular weight excluding hydrogens is 369 g/mol. The summed E-state index contributed by atoms with van der Waals surface area (Å²) in [6.45, 7) is 7.96. The molecule has 0 atom stereocenters. The van der Waals surface area contributed by atoms with E-state index in [1.54, 1.807) is 7.05 Å². The van der Waals surface area contributed by atoms with Crippen LogP contribution in [-0.4, -0.2) is 36.2 Å². The van der Waals surface area contributed by atoms with Crippen LogP contribution in [0.4, 0.5) is 0 Å². The Labute approximate surface area is 138 Å². The van der Waals surface area contributed by atoms with Crippen LogP contribution < -0.4 is 10.6 Å². The first-order valence-electron chi connectivity index (χ1n) is 6.85. The fraction of sp³-hybridized carbons (Fsp3) is 0.769. The minimum absolute atomic E-state index is 0. The maximum atomic E-state index is 5.04. The summed E-state index contributed by atoms with van der Waals surface area (Å²) in [5, 5.41) is 10.3. The highest BCUT2D eigenvalue weighted by Crippen LogP contribution is 2.01. The Morgan fingerprint density at radius 2 is 2.00 bits per heavy atom. The number of halogens is 1. The van der Waals surface area contributed by atoms with E-state index in [1.807, 2.05) is 6.92 Å². The standard InChI is InChI=1S/C13H25N5O.HI/c1-10(2)6-5-8-15-13(14-4)16-9-7-12-17-11(3)18-19-12;/h10H,5-9H2,1-4H3,(H2,14,15,16);1H. The summed E-state index contributed by atoms with van der Waals surface area (Å²) >= 11 is 0. The summed E-state index contributed by atoms with van der Waals surface area (Å²) in [7, 11) is 1.77. The van der Waals surface area contributed by atoms with Crippen LogP contribution in [0.25, 0.3) is 0 Å². The predicted octanol–water partition coefficient (Wildman–Crippen LogP) is 2.14. The minimum Gasteiger partial charge on any atom is -0.356 e. The maximum Gasteiger partial charge on any atom is 0.228 e. The first kappa shape index (κ1) is 19.1. The Morgan fingerprint density at radius 1 is 1.30 bits per heavy atom. The van der Waals surface area contributed by atoms with Gasteiger partial charge >= 0.3 is 0 Å². The lowest BCUT2D eigenvalue weighted by Crippen LogP contribution is -2.38. The molecule has 7 heteroatoms. The van der Waals surface area contributed by atoms with Crippen LogP contribution in [0, 0.1) is 12.8 Å². The Kier molecular flexibility index (Phi) is 10.4. The van der Waals surface area contributed by atoms with Crippen molar-refractivity contribution in [3.05, 3.63) is 11.7 Å². The van der Waals surface area contributed by atoms with Crippen LogP contribution >= 0.6 is 24.0 Å². The van der Waals surface area contributed by atoms with Crippen molar-refractivity contribution in [2.45, 2.75) is 40.0 Å². The highest BCUT2D eigenvalue weighted by atomic mass is 127. The molecule has 0 spiro atoms. The molecule has 1 heterocycles. The summed E-state index contributed by atoms with van der Waals surface area (Å²) in [5.41, 5.74) is 0. The van der Waals surface area contributed by atoms with Gasteiger partial charge in [0.25, 0.3) is 0 Å². The van der Waals surface area contributed by atoms with Crippen LogP contribution in [0.5, 0.6) is 0 Å². The van der Waals surface area contributed by atoms with Gasteiger partial charge in [-0.15, -0.1) is 24.0 Å². The van der Waals surface area contributed by atoms with E-state index in [4.69, 9.17) is 4.52 Å². The van der Waals surface area contributed by atoms with Crippen molar-refractivity contribution in [1.82, 2.24) is 20.8 Å². The number of guanidine groups is 1. The highest BCUT2D eigenvalue weighted by Gasteiger charge is 2.03. The Morgan fingerprint density at radius 3 is 2.55 bits per heavy atom. The topological polar surface area (TPSA) is 75.3 Å². The molecule has 0 aromatic carbocycles. The lowest BCUT2D eigenvalue weighted by atomic mass is 10.1. The molecule has 0 unspecified atom stereocenters. The predicted molar refractivity (Wildman–Crippen MR) is 91.6 cm³/mol. The Balaban J connectivity index is 0.00000361. The molecule has 0 saturated heterocycles. The van der Waals surface area contributed by atoms with Gasteiger partial charge < -0.3 is 15.2 Å². The van der Waals surface area contributed by atoms with E-state index in [0.29, 0.717) is 18.1 Å². The second-order valence-corrected chi connectivity index (χ2v) is 4.95. The Hall–Kier alpha value is -0.860. The van der Waals surface area contributed by atoms with E-state index in [-0.39, 0.29) is 24.0 Å². The molecule has 2 N–H and O–H groups in total. The fourth-order valence-electron chi connectivity index (χ4n) is 1.67. The summed E-state index contributed by atoms with van der Waals surface area (Å²) in [6.07, 6.45) is 3.08. The van der Waals surface area contributed by atoms with Gasteiger partial charge in [-0.05, 0) is 25.7 Å². The lowest BCUT2D eigenvalue weighted by molar-refractivity contribution is 0.374. The first-order chi connectivity index (χ1) is 9.11. The summed E-state index contributed by atoms with van der Waals surface area (Å²) < 4.78 is 5.04. The largest absolute Gasteiger partial charge is 0.356 e. The van der Waals surface area contributed by atoms with Crippen LogP contribution in [0.1, 0.15) is 38.4 Å². The second kappa shape index (κ2) is 10.9. The number of nitrogens with zero attached hydrogens (tertiary/aromatic N) is 3. The third-order valence-corrected chi connectivity index (χ3v) is 2.68. The van der Waals surface area contributed by atoms with E-state index < -0.39 is 0 Å². The van der Waals surface area contributed by atoms with Gasteiger partial charge in [0.15, 0.2) is 11.8 Å². The van der Waals surface area contributed by atoms with Crippen LogP contribution in [0.3, 0.4) is 0 Å². The average Bonchev–Trinajstić information content (AvgIpc) is 2.78. The molecule has 6 nitrogen and oxygen atoms in total. The van der Waals surface area contributed by atoms with Gasteiger partial charge in [-0.1, -0.05) is 19.0 Å². The van der Waals surface area contributed by atoms with Crippen molar-refractivity contribution in [3.8, 4) is 0 Å². The number of hydrogen-bond donors (Lipinski definition) is 2. The number of nitrogens with one attached hydrogen (secondary N) is 2. The smallest absolute Gasteiger partial charge is 0.228 e. The summed E-state index contributed by atoms with van der Waals surface area (Å²) in [4.78, 5) is 8.32. The Bertz CT molecular complexity index is 392. The molecule has 0 radical (unpaired) electrons. The van der Waals surface area contributed by atoms with E-state index in [0.717, 1.165) is 31.4 Å². The minimum atomic E-state index is 0. The molecule has 116 valence electrons. The monoisotopic (exact) mass is 395 g/mol. The van der Waals surface area contributed by atoms with Crippen molar-refractivity contribution in [2.75, 3.05) is 20.1 Å². The number of rotatable bonds is 7. The molecule has 0 fully saturated rings. The molecule has 0 saturated carbocycles. The van der Waals surface area contributed by atoms with E-state index in [9.17, 15) is 0 Å². The number of aryl methyl sites for hydroxylation is 1. The average molecular weight is 395 g/mol. The number of aliphatic imine (C=N–C) groups is 1. The zero-order valence-electron chi connectivity index (χ0n) is 12.8. The molecule has 1 aromatic rings. The molecule has 1 aromatic heterocycles. The van der Waals surface area contributed by atoms with Gasteiger partial charge in [0.2, 0.25) is 5.89 Å². The molecule has 0 amide bonds. The lowest BCUT2D eigenvalue weighted by Gasteiger charge is -2.11. The quantitative estimate of drug-likeness (QED) is 0.320. The van der Waals surface area contributed by atoms with Crippen LogP contribution in [0.2, 0.25) is 0 Å². The molecule has 0 aliphatic carbocycles. The molecular formula is C13H26IN5O. The van der Waals surface area contributed by atoms with Crippen molar-refractivity contribution in [2.24, 2.45) is 10.9 Å². The molecule has 1 rings (SSSR count). The molecule has 0 aliphatic rings. The third-order valence-electron chi connectivity index (χ3n) is 2.68. The van der Waals surface area contributed by atoms with Gasteiger partial charge in [0.05, 0.1) is 0 Å². The molecule has 20 heavy (non-hydrogen) atoms. The highest BCUT2D eigenvalue weighted by molar-refractivity contribution is 14.0. The fourth-order valence-corrected chi connectivity index (χ4v) is 1.67. The van der Waals surface area contributed by atoms with E-state index >= 15 is 0 Å². The first-order valence-corrected chi connectivity index (χ1v) is 6.85. The summed E-state index contributed by atoms with van der Waals surface area (Å²) in [5.74, 6) is 2.89. The number of aromatic nitrogens is 2. The van der Waals surface area contributed by atoms with Gasteiger partial charge in [0, 0.05) is 26.6 Å². The van der Waals surface area contributed by atoms with Crippen LogP contribution in [0.15, 0.2) is 9.52 Å². The number of hydrogen-bond acceptors (Lipinski definition) is 4. The van der Waals surface area contributed by atoms with Crippen molar-refractivity contribution < 1.29 is 4.52 Å². The second-order valence-electron chi connectivity index (χ2n) is 4.95. The van der Waals surface area contributed by atoms with E-state index in [2.05, 4.69) is 39.6 Å². The van der Waals surface area contributed by atoms with Crippen molar-refractivity contribution in [3.63, 3.8) is 0 Å². The maximum absolute atomic E-state index is 5.04. The zero-order chi connectivity index (χ0) is 14.1. The van der Waals surface area contributed by atoms with Gasteiger partial charge in [-0.2, -0.15) is 4.98 Å². The van der Waals surface area contributed by atoms with E-state index in [1.165, 1.54) is 6.42 Å². The normalized spacial score (nSPS) is 11.3. The van der Waals surface area contributed by atoms with Gasteiger partial charge in [0.1, 0.15) is 0 Å². The van der Waals surface area contributed by atoms with Gasteiger partial charge in [-0.25, -0.2) is 0 Å².